The molecule has 0 radical (unpaired) electrons. The molecule has 0 N–H and O–H groups in total. The number of rotatable bonds is 6. The van der Waals surface area contributed by atoms with Gasteiger partial charge in [-0.1, -0.05) is 37.5 Å². The van der Waals surface area contributed by atoms with E-state index in [1.54, 1.807) is 11.3 Å². The number of ether oxygens (including phenoxy) is 1. The van der Waals surface area contributed by atoms with Crippen molar-refractivity contribution < 1.29 is 9.53 Å². The highest BCUT2D eigenvalue weighted by Gasteiger charge is 2.25. The van der Waals surface area contributed by atoms with Crippen molar-refractivity contribution in [1.29, 1.82) is 0 Å². The zero-order valence-corrected chi connectivity index (χ0v) is 17.7. The van der Waals surface area contributed by atoms with Crippen LogP contribution in [0.15, 0.2) is 66.7 Å². The molecule has 1 aliphatic rings. The van der Waals surface area contributed by atoms with E-state index < -0.39 is 0 Å². The molecule has 0 aliphatic heterocycles. The number of carbonyl (C=O) groups excluding carboxylic acids is 1. The van der Waals surface area contributed by atoms with Crippen LogP contribution in [0.5, 0.6) is 11.5 Å². The molecule has 4 heteroatoms. The number of thiophene rings is 1. The molecule has 1 saturated carbocycles. The van der Waals surface area contributed by atoms with E-state index in [1.807, 2.05) is 48.5 Å². The second kappa shape index (κ2) is 9.27. The van der Waals surface area contributed by atoms with Gasteiger partial charge in [0.15, 0.2) is 0 Å². The van der Waals surface area contributed by atoms with E-state index in [4.69, 9.17) is 4.74 Å². The van der Waals surface area contributed by atoms with Gasteiger partial charge in [0.25, 0.3) is 5.91 Å². The molecule has 3 aromatic rings. The molecule has 29 heavy (non-hydrogen) atoms. The summed E-state index contributed by atoms with van der Waals surface area (Å²) in [6.07, 6.45) is 6.06. The van der Waals surface area contributed by atoms with Crippen LogP contribution >= 0.6 is 11.3 Å². The Morgan fingerprint density at radius 3 is 2.31 bits per heavy atom. The predicted octanol–water partition coefficient (Wildman–Crippen LogP) is 7.00. The number of hydrogen-bond donors (Lipinski definition) is 0. The highest BCUT2D eigenvalue weighted by molar-refractivity contribution is 7.17. The summed E-state index contributed by atoms with van der Waals surface area (Å²) in [5.74, 6) is 1.81. The summed E-state index contributed by atoms with van der Waals surface area (Å²) in [7, 11) is 0. The van der Waals surface area contributed by atoms with Gasteiger partial charge in [-0.05, 0) is 73.9 Å². The topological polar surface area (TPSA) is 29.5 Å². The van der Waals surface area contributed by atoms with Crippen LogP contribution in [0, 0.1) is 0 Å². The van der Waals surface area contributed by atoms with Gasteiger partial charge in [-0.25, -0.2) is 0 Å². The summed E-state index contributed by atoms with van der Waals surface area (Å²) in [5, 5.41) is 0. The van der Waals surface area contributed by atoms with Crippen molar-refractivity contribution in [2.75, 3.05) is 6.54 Å². The molecule has 0 bridgehead atoms. The standard InChI is InChI=1S/C25H27NO2S/c1-2-26(20-9-5-3-6-10-20)25(27)24-18-17-23(29-24)19-13-15-22(16-14-19)28-21-11-7-4-8-12-21/h4,7-8,11-18,20H,2-3,5-6,9-10H2,1H3. The van der Waals surface area contributed by atoms with Crippen LogP contribution < -0.4 is 4.74 Å². The molecule has 150 valence electrons. The fourth-order valence-electron chi connectivity index (χ4n) is 4.02. The van der Waals surface area contributed by atoms with Crippen LogP contribution in [0.4, 0.5) is 0 Å². The SMILES string of the molecule is CCN(C(=O)c1ccc(-c2ccc(Oc3ccccc3)cc2)s1)C1CCCCC1. The van der Waals surface area contributed by atoms with Crippen LogP contribution in [0.25, 0.3) is 10.4 Å². The molecule has 1 aliphatic carbocycles. The average molecular weight is 406 g/mol. The third kappa shape index (κ3) is 4.70. The van der Waals surface area contributed by atoms with Crippen molar-refractivity contribution in [3.8, 4) is 21.9 Å². The Morgan fingerprint density at radius 1 is 0.931 bits per heavy atom. The van der Waals surface area contributed by atoms with Gasteiger partial charge in [0, 0.05) is 17.5 Å². The van der Waals surface area contributed by atoms with E-state index >= 15 is 0 Å². The normalized spacial score (nSPS) is 14.5. The summed E-state index contributed by atoms with van der Waals surface area (Å²) >= 11 is 1.58. The van der Waals surface area contributed by atoms with Gasteiger partial charge in [-0.2, -0.15) is 0 Å². The molecule has 0 atom stereocenters. The smallest absolute Gasteiger partial charge is 0.264 e. The number of hydrogen-bond acceptors (Lipinski definition) is 3. The first-order valence-corrected chi connectivity index (χ1v) is 11.3. The number of amides is 1. The molecular weight excluding hydrogens is 378 g/mol. The predicted molar refractivity (Wildman–Crippen MR) is 120 cm³/mol. The molecular formula is C25H27NO2S. The van der Waals surface area contributed by atoms with E-state index in [9.17, 15) is 4.79 Å². The van der Waals surface area contributed by atoms with Gasteiger partial charge >= 0.3 is 0 Å². The Labute approximate surface area is 176 Å². The van der Waals surface area contributed by atoms with Crippen LogP contribution in [0.2, 0.25) is 0 Å². The van der Waals surface area contributed by atoms with Gasteiger partial charge in [-0.15, -0.1) is 11.3 Å². The first-order valence-electron chi connectivity index (χ1n) is 10.5. The van der Waals surface area contributed by atoms with Crippen molar-refractivity contribution in [2.24, 2.45) is 0 Å². The van der Waals surface area contributed by atoms with Crippen molar-refractivity contribution >= 4 is 17.2 Å². The fourth-order valence-corrected chi connectivity index (χ4v) is 4.99. The maximum atomic E-state index is 13.1. The molecule has 0 unspecified atom stereocenters. The Bertz CT molecular complexity index is 927. The van der Waals surface area contributed by atoms with Crippen molar-refractivity contribution in [1.82, 2.24) is 4.90 Å². The van der Waals surface area contributed by atoms with Crippen LogP contribution in [-0.2, 0) is 0 Å². The zero-order valence-electron chi connectivity index (χ0n) is 16.8. The summed E-state index contributed by atoms with van der Waals surface area (Å²) in [5.41, 5.74) is 1.11. The van der Waals surface area contributed by atoms with Gasteiger partial charge in [0.2, 0.25) is 0 Å². The Morgan fingerprint density at radius 2 is 1.62 bits per heavy atom. The number of para-hydroxylation sites is 1. The van der Waals surface area contributed by atoms with E-state index in [-0.39, 0.29) is 5.91 Å². The fraction of sp³-hybridized carbons (Fsp3) is 0.320. The summed E-state index contributed by atoms with van der Waals surface area (Å²) in [4.78, 5) is 17.1. The first-order chi connectivity index (χ1) is 14.2. The highest BCUT2D eigenvalue weighted by Crippen LogP contribution is 2.32. The van der Waals surface area contributed by atoms with Crippen LogP contribution in [0.1, 0.15) is 48.7 Å². The molecule has 1 aromatic heterocycles. The third-order valence-electron chi connectivity index (χ3n) is 5.55. The Balaban J connectivity index is 1.46. The van der Waals surface area contributed by atoms with E-state index in [1.165, 1.54) is 19.3 Å². The lowest BCUT2D eigenvalue weighted by molar-refractivity contribution is 0.0653. The molecule has 0 spiro atoms. The molecule has 1 heterocycles. The quantitative estimate of drug-likeness (QED) is 0.442. The third-order valence-corrected chi connectivity index (χ3v) is 6.67. The Kier molecular flexibility index (Phi) is 6.30. The first kappa shape index (κ1) is 19.7. The average Bonchev–Trinajstić information content (AvgIpc) is 3.27. The van der Waals surface area contributed by atoms with E-state index in [0.29, 0.717) is 6.04 Å². The van der Waals surface area contributed by atoms with Crippen molar-refractivity contribution in [3.63, 3.8) is 0 Å². The zero-order chi connectivity index (χ0) is 20.1. The Hall–Kier alpha value is -2.59. The second-order valence-electron chi connectivity index (χ2n) is 7.49. The van der Waals surface area contributed by atoms with E-state index in [2.05, 4.69) is 30.0 Å². The lowest BCUT2D eigenvalue weighted by atomic mass is 9.94. The summed E-state index contributed by atoms with van der Waals surface area (Å²) < 4.78 is 5.87. The highest BCUT2D eigenvalue weighted by atomic mass is 32.1. The minimum Gasteiger partial charge on any atom is -0.457 e. The maximum absolute atomic E-state index is 13.1. The number of benzene rings is 2. The minimum atomic E-state index is 0.180. The summed E-state index contributed by atoms with van der Waals surface area (Å²) in [6.45, 7) is 2.87. The van der Waals surface area contributed by atoms with Gasteiger partial charge in [0.1, 0.15) is 11.5 Å². The van der Waals surface area contributed by atoms with Crippen molar-refractivity contribution in [2.45, 2.75) is 45.1 Å². The lowest BCUT2D eigenvalue weighted by Gasteiger charge is -2.33. The second-order valence-corrected chi connectivity index (χ2v) is 8.57. The maximum Gasteiger partial charge on any atom is 0.264 e. The minimum absolute atomic E-state index is 0.180. The lowest BCUT2D eigenvalue weighted by Crippen LogP contribution is -2.40. The molecule has 0 saturated heterocycles. The van der Waals surface area contributed by atoms with Gasteiger partial charge in [0.05, 0.1) is 4.88 Å². The molecule has 2 aromatic carbocycles. The largest absolute Gasteiger partial charge is 0.457 e. The van der Waals surface area contributed by atoms with Gasteiger partial charge < -0.3 is 9.64 Å². The van der Waals surface area contributed by atoms with Gasteiger partial charge in [-0.3, -0.25) is 4.79 Å². The van der Waals surface area contributed by atoms with Crippen LogP contribution in [0.3, 0.4) is 0 Å². The number of nitrogens with zero attached hydrogens (tertiary/aromatic N) is 1. The summed E-state index contributed by atoms with van der Waals surface area (Å²) in [6, 6.07) is 22.3. The van der Waals surface area contributed by atoms with Crippen molar-refractivity contribution in [3.05, 3.63) is 71.6 Å². The monoisotopic (exact) mass is 405 g/mol. The van der Waals surface area contributed by atoms with E-state index in [0.717, 1.165) is 46.2 Å². The molecule has 1 fully saturated rings. The van der Waals surface area contributed by atoms with Crippen LogP contribution in [-0.4, -0.2) is 23.4 Å². The molecule has 1 amide bonds. The molecule has 3 nitrogen and oxygen atoms in total. The number of carbonyl (C=O) groups is 1. The molecule has 4 rings (SSSR count).